The van der Waals surface area contributed by atoms with Crippen molar-refractivity contribution in [2.24, 2.45) is 0 Å². The minimum Gasteiger partial charge on any atom is -0.349 e. The predicted octanol–water partition coefficient (Wildman–Crippen LogP) is 0.451. The molecule has 0 aromatic carbocycles. The van der Waals surface area contributed by atoms with Crippen molar-refractivity contribution >= 4 is 17.5 Å². The van der Waals surface area contributed by atoms with Gasteiger partial charge in [0, 0.05) is 19.8 Å². The molecule has 0 aliphatic carbocycles. The second-order valence-electron chi connectivity index (χ2n) is 3.00. The highest BCUT2D eigenvalue weighted by Gasteiger charge is 2.03. The van der Waals surface area contributed by atoms with Gasteiger partial charge in [-0.15, -0.1) is 0 Å². The minimum atomic E-state index is -0.208. The van der Waals surface area contributed by atoms with E-state index in [0.29, 0.717) is 19.3 Å². The molecule has 0 aromatic rings. The molecule has 0 spiro atoms. The lowest BCUT2D eigenvalue weighted by molar-refractivity contribution is -0.124. The van der Waals surface area contributed by atoms with Crippen molar-refractivity contribution in [3.8, 4) is 0 Å². The smallest absolute Gasteiger partial charge is 0.217 e. The summed E-state index contributed by atoms with van der Waals surface area (Å²) in [6.07, 6.45) is 1.37. The molecule has 0 saturated carbocycles. The first-order chi connectivity index (χ1) is 6.02. The molecule has 0 saturated heterocycles. The fourth-order valence-corrected chi connectivity index (χ4v) is 0.846. The van der Waals surface area contributed by atoms with Gasteiger partial charge in [-0.25, -0.2) is 0 Å². The van der Waals surface area contributed by atoms with E-state index in [1.807, 2.05) is 0 Å². The number of nitrogens with one attached hydrogen (secondary N) is 1. The molecule has 0 radical (unpaired) electrons. The van der Waals surface area contributed by atoms with Crippen LogP contribution < -0.4 is 5.32 Å². The van der Waals surface area contributed by atoms with Gasteiger partial charge in [0.15, 0.2) is 5.78 Å². The molecule has 4 heteroatoms. The Bertz CT molecular complexity index is 211. The number of ketones is 2. The average Bonchev–Trinajstić information content (AvgIpc) is 2.00. The molecule has 74 valence electrons. The molecular formula is C9H15NO3. The fourth-order valence-electron chi connectivity index (χ4n) is 0.846. The van der Waals surface area contributed by atoms with Gasteiger partial charge in [0.25, 0.3) is 0 Å². The number of rotatable bonds is 6. The van der Waals surface area contributed by atoms with E-state index in [1.54, 1.807) is 0 Å². The predicted molar refractivity (Wildman–Crippen MR) is 48.2 cm³/mol. The van der Waals surface area contributed by atoms with Crippen molar-refractivity contribution in [1.29, 1.82) is 0 Å². The van der Waals surface area contributed by atoms with Crippen molar-refractivity contribution < 1.29 is 14.4 Å². The summed E-state index contributed by atoms with van der Waals surface area (Å²) in [6, 6.07) is 0. The molecule has 0 fully saturated rings. The van der Waals surface area contributed by atoms with Gasteiger partial charge in [-0.2, -0.15) is 0 Å². The number of carbonyl (C=O) groups is 3. The second-order valence-corrected chi connectivity index (χ2v) is 3.00. The molecule has 0 heterocycles. The molecule has 0 rings (SSSR count). The van der Waals surface area contributed by atoms with E-state index in [2.05, 4.69) is 5.32 Å². The second kappa shape index (κ2) is 6.34. The van der Waals surface area contributed by atoms with Crippen LogP contribution in [0.25, 0.3) is 0 Å². The Morgan fingerprint density at radius 1 is 1.08 bits per heavy atom. The number of hydrogen-bond acceptors (Lipinski definition) is 3. The van der Waals surface area contributed by atoms with Gasteiger partial charge in [-0.1, -0.05) is 0 Å². The Morgan fingerprint density at radius 3 is 2.15 bits per heavy atom. The lowest BCUT2D eigenvalue weighted by Crippen LogP contribution is -2.26. The van der Waals surface area contributed by atoms with E-state index in [0.717, 1.165) is 0 Å². The number of amides is 1. The summed E-state index contributed by atoms with van der Waals surface area (Å²) >= 11 is 0. The normalized spacial score (nSPS) is 9.38. The zero-order chi connectivity index (χ0) is 10.3. The first-order valence-corrected chi connectivity index (χ1v) is 4.28. The fraction of sp³-hybridized carbons (Fsp3) is 0.667. The maximum Gasteiger partial charge on any atom is 0.217 e. The number of Topliss-reactive ketones (excluding diaryl/α,β-unsaturated/α-hetero) is 2. The number of carbonyl (C=O) groups excluding carboxylic acids is 3. The summed E-state index contributed by atoms with van der Waals surface area (Å²) < 4.78 is 0. The Hall–Kier alpha value is -1.19. The van der Waals surface area contributed by atoms with Crippen LogP contribution in [0.4, 0.5) is 0 Å². The molecule has 0 aliphatic rings. The van der Waals surface area contributed by atoms with Crippen molar-refractivity contribution in [3.63, 3.8) is 0 Å². The van der Waals surface area contributed by atoms with Gasteiger partial charge in [-0.05, 0) is 13.3 Å². The van der Waals surface area contributed by atoms with Crippen LogP contribution in [0.2, 0.25) is 0 Å². The van der Waals surface area contributed by atoms with E-state index in [9.17, 15) is 14.4 Å². The average molecular weight is 185 g/mol. The lowest BCUT2D eigenvalue weighted by atomic mass is 10.1. The van der Waals surface area contributed by atoms with Crippen LogP contribution in [0.1, 0.15) is 33.1 Å². The Morgan fingerprint density at radius 2 is 1.69 bits per heavy atom. The maximum atomic E-state index is 11.0. The van der Waals surface area contributed by atoms with E-state index in [-0.39, 0.29) is 24.0 Å². The highest BCUT2D eigenvalue weighted by Crippen LogP contribution is 1.96. The summed E-state index contributed by atoms with van der Waals surface area (Å²) in [4.78, 5) is 31.9. The third-order valence-corrected chi connectivity index (χ3v) is 1.52. The quantitative estimate of drug-likeness (QED) is 0.653. The van der Waals surface area contributed by atoms with Crippen molar-refractivity contribution in [2.75, 3.05) is 6.54 Å². The summed E-state index contributed by atoms with van der Waals surface area (Å²) in [6.45, 7) is 2.94. The topological polar surface area (TPSA) is 63.2 Å². The van der Waals surface area contributed by atoms with Gasteiger partial charge in [0.05, 0.1) is 6.54 Å². The molecule has 13 heavy (non-hydrogen) atoms. The molecule has 4 nitrogen and oxygen atoms in total. The van der Waals surface area contributed by atoms with Gasteiger partial charge >= 0.3 is 0 Å². The third kappa shape index (κ3) is 8.72. The van der Waals surface area contributed by atoms with Gasteiger partial charge in [0.1, 0.15) is 5.78 Å². The largest absolute Gasteiger partial charge is 0.349 e. The Kier molecular flexibility index (Phi) is 5.76. The molecule has 0 bridgehead atoms. The van der Waals surface area contributed by atoms with Gasteiger partial charge < -0.3 is 10.1 Å². The van der Waals surface area contributed by atoms with Crippen LogP contribution in [-0.2, 0) is 14.4 Å². The van der Waals surface area contributed by atoms with Crippen molar-refractivity contribution in [3.05, 3.63) is 0 Å². The van der Waals surface area contributed by atoms with Crippen molar-refractivity contribution in [2.45, 2.75) is 33.1 Å². The third-order valence-electron chi connectivity index (χ3n) is 1.52. The number of hydrogen-bond donors (Lipinski definition) is 1. The van der Waals surface area contributed by atoms with E-state index in [4.69, 9.17) is 0 Å². The first-order valence-electron chi connectivity index (χ1n) is 4.28. The summed E-state index contributed by atoms with van der Waals surface area (Å²) in [5.74, 6) is -0.149. The molecule has 0 unspecified atom stereocenters. The Balaban J connectivity index is 3.41. The highest BCUT2D eigenvalue weighted by molar-refractivity contribution is 5.85. The molecule has 0 atom stereocenters. The van der Waals surface area contributed by atoms with Crippen molar-refractivity contribution in [1.82, 2.24) is 5.32 Å². The van der Waals surface area contributed by atoms with E-state index in [1.165, 1.54) is 13.8 Å². The summed E-state index contributed by atoms with van der Waals surface area (Å²) in [5.41, 5.74) is 0. The van der Waals surface area contributed by atoms with Crippen LogP contribution in [0.3, 0.4) is 0 Å². The monoisotopic (exact) mass is 185 g/mol. The van der Waals surface area contributed by atoms with Crippen LogP contribution in [-0.4, -0.2) is 24.0 Å². The maximum absolute atomic E-state index is 11.0. The van der Waals surface area contributed by atoms with Gasteiger partial charge in [-0.3, -0.25) is 9.59 Å². The molecule has 0 aromatic heterocycles. The molecule has 1 amide bonds. The van der Waals surface area contributed by atoms with E-state index >= 15 is 0 Å². The zero-order valence-corrected chi connectivity index (χ0v) is 8.05. The lowest BCUT2D eigenvalue weighted by Gasteiger charge is -2.00. The summed E-state index contributed by atoms with van der Waals surface area (Å²) in [5, 5.41) is 2.41. The van der Waals surface area contributed by atoms with Crippen LogP contribution in [0.15, 0.2) is 0 Å². The zero-order valence-electron chi connectivity index (χ0n) is 8.05. The van der Waals surface area contributed by atoms with Crippen LogP contribution >= 0.6 is 0 Å². The van der Waals surface area contributed by atoms with Crippen LogP contribution in [0, 0.1) is 0 Å². The standard InChI is InChI=1S/C9H15NO3/c1-7(11)4-3-5-9(13)6-10-8(2)12/h3-6H2,1-2H3,(H,10,12). The minimum absolute atomic E-state index is 0.0311. The first kappa shape index (κ1) is 11.8. The Labute approximate surface area is 77.7 Å². The van der Waals surface area contributed by atoms with E-state index < -0.39 is 0 Å². The van der Waals surface area contributed by atoms with Crippen LogP contribution in [0.5, 0.6) is 0 Å². The summed E-state index contributed by atoms with van der Waals surface area (Å²) in [7, 11) is 0. The molecule has 0 aliphatic heterocycles. The SMILES string of the molecule is CC(=O)CCCC(=O)CNC(C)=O. The molecule has 1 N–H and O–H groups in total. The molecular weight excluding hydrogens is 170 g/mol. The highest BCUT2D eigenvalue weighted by atomic mass is 16.2. The van der Waals surface area contributed by atoms with Gasteiger partial charge in [0.2, 0.25) is 5.91 Å².